The third-order valence-corrected chi connectivity index (χ3v) is 5.60. The summed E-state index contributed by atoms with van der Waals surface area (Å²) in [6.07, 6.45) is 4.25. The van der Waals surface area contributed by atoms with Gasteiger partial charge in [-0.05, 0) is 76.2 Å². The van der Waals surface area contributed by atoms with Crippen molar-refractivity contribution in [2.24, 2.45) is 0 Å². The number of halogens is 1. The van der Waals surface area contributed by atoms with E-state index in [1.807, 2.05) is 17.7 Å². The predicted octanol–water partition coefficient (Wildman–Crippen LogP) is 4.15. The molecule has 0 saturated carbocycles. The van der Waals surface area contributed by atoms with Gasteiger partial charge in [-0.1, -0.05) is 0 Å². The topological polar surface area (TPSA) is 46.2 Å². The molecule has 0 unspecified atom stereocenters. The molecule has 1 aliphatic rings. The van der Waals surface area contributed by atoms with Crippen molar-refractivity contribution in [3.8, 4) is 5.69 Å². The summed E-state index contributed by atoms with van der Waals surface area (Å²) in [6.45, 7) is 7.89. The van der Waals surface area contributed by atoms with E-state index in [1.165, 1.54) is 30.5 Å². The molecule has 4 rings (SSSR count). The highest BCUT2D eigenvalue weighted by molar-refractivity contribution is 5.37. The zero-order valence-corrected chi connectivity index (χ0v) is 16.5. The highest BCUT2D eigenvalue weighted by Crippen LogP contribution is 2.25. The average Bonchev–Trinajstić information content (AvgIpc) is 3.44. The number of likely N-dealkylation sites (tertiary alicyclic amines) is 1. The second-order valence-electron chi connectivity index (χ2n) is 7.44. The minimum absolute atomic E-state index is 0.238. The summed E-state index contributed by atoms with van der Waals surface area (Å²) in [7, 11) is 0. The second-order valence-corrected chi connectivity index (χ2v) is 7.44. The molecule has 6 heteroatoms. The smallest absolute Gasteiger partial charge is 0.123 e. The summed E-state index contributed by atoms with van der Waals surface area (Å²) in [5.74, 6) is 0.780. The van der Waals surface area contributed by atoms with Crippen molar-refractivity contribution in [1.82, 2.24) is 20.0 Å². The Bertz CT molecular complexity index is 896. The monoisotopic (exact) mass is 382 g/mol. The fraction of sp³-hybridized carbons (Fsp3) is 0.409. The molecular weight excluding hydrogens is 355 g/mol. The Kier molecular flexibility index (Phi) is 5.59. The molecule has 1 atom stereocenters. The second kappa shape index (κ2) is 8.29. The molecule has 0 radical (unpaired) electrons. The molecule has 3 heterocycles. The van der Waals surface area contributed by atoms with E-state index in [4.69, 9.17) is 4.42 Å². The highest BCUT2D eigenvalue weighted by Gasteiger charge is 2.25. The van der Waals surface area contributed by atoms with E-state index in [0.717, 1.165) is 49.0 Å². The van der Waals surface area contributed by atoms with Crippen molar-refractivity contribution in [2.75, 3.05) is 19.6 Å². The van der Waals surface area contributed by atoms with Crippen LogP contribution in [0.5, 0.6) is 0 Å². The fourth-order valence-electron chi connectivity index (χ4n) is 4.04. The Morgan fingerprint density at radius 1 is 1.14 bits per heavy atom. The summed E-state index contributed by atoms with van der Waals surface area (Å²) in [5, 5.41) is 8.27. The Morgan fingerprint density at radius 3 is 2.57 bits per heavy atom. The summed E-state index contributed by atoms with van der Waals surface area (Å²) in [5.41, 5.74) is 4.13. The number of hydrogen-bond acceptors (Lipinski definition) is 4. The first-order valence-electron chi connectivity index (χ1n) is 9.92. The number of nitrogens with one attached hydrogen (secondary N) is 1. The number of aromatic nitrogens is 2. The third-order valence-electron chi connectivity index (χ3n) is 5.60. The van der Waals surface area contributed by atoms with Crippen molar-refractivity contribution < 1.29 is 8.81 Å². The number of nitrogens with zero attached hydrogens (tertiary/aromatic N) is 3. The van der Waals surface area contributed by atoms with E-state index in [1.54, 1.807) is 18.4 Å². The maximum atomic E-state index is 13.2. The van der Waals surface area contributed by atoms with Gasteiger partial charge in [0.1, 0.15) is 11.6 Å². The number of rotatable bonds is 7. The highest BCUT2D eigenvalue weighted by atomic mass is 19.1. The molecule has 0 spiro atoms. The standard InChI is InChI=1S/C22H27FN4O/c1-16-20(17(2)27(25-16)19-9-7-18(23)8-10-19)14-24-15-21(22-6-5-13-28-22)26-11-3-4-12-26/h5-10,13,21,24H,3-4,11-12,14-15H2,1-2H3/t21-/m1/s1. The molecule has 1 N–H and O–H groups in total. The van der Waals surface area contributed by atoms with E-state index in [2.05, 4.69) is 28.3 Å². The first-order chi connectivity index (χ1) is 13.6. The number of aryl methyl sites for hydroxylation is 1. The molecule has 1 aliphatic heterocycles. The van der Waals surface area contributed by atoms with Crippen LogP contribution in [-0.2, 0) is 6.54 Å². The van der Waals surface area contributed by atoms with Crippen molar-refractivity contribution in [2.45, 2.75) is 39.3 Å². The Hall–Kier alpha value is -2.44. The number of furan rings is 1. The molecule has 28 heavy (non-hydrogen) atoms. The first kappa shape index (κ1) is 18.9. The van der Waals surface area contributed by atoms with E-state index in [9.17, 15) is 4.39 Å². The van der Waals surface area contributed by atoms with Gasteiger partial charge in [0.2, 0.25) is 0 Å². The molecule has 1 saturated heterocycles. The van der Waals surface area contributed by atoms with E-state index in [0.29, 0.717) is 0 Å². The fourth-order valence-corrected chi connectivity index (χ4v) is 4.04. The minimum Gasteiger partial charge on any atom is -0.468 e. The molecule has 5 nitrogen and oxygen atoms in total. The molecule has 0 amide bonds. The van der Waals surface area contributed by atoms with Crippen molar-refractivity contribution in [1.29, 1.82) is 0 Å². The van der Waals surface area contributed by atoms with Crippen molar-refractivity contribution in [3.05, 3.63) is 71.2 Å². The maximum Gasteiger partial charge on any atom is 0.123 e. The van der Waals surface area contributed by atoms with E-state index < -0.39 is 0 Å². The maximum absolute atomic E-state index is 13.2. The lowest BCUT2D eigenvalue weighted by atomic mass is 10.1. The molecule has 1 fully saturated rings. The van der Waals surface area contributed by atoms with Gasteiger partial charge >= 0.3 is 0 Å². The van der Waals surface area contributed by atoms with Crippen molar-refractivity contribution >= 4 is 0 Å². The van der Waals surface area contributed by atoms with Gasteiger partial charge in [0, 0.05) is 24.3 Å². The average molecular weight is 382 g/mol. The van der Waals surface area contributed by atoms with Crippen LogP contribution in [0, 0.1) is 19.7 Å². The lowest BCUT2D eigenvalue weighted by Crippen LogP contribution is -2.33. The van der Waals surface area contributed by atoms with Gasteiger partial charge in [0.15, 0.2) is 0 Å². The number of benzene rings is 1. The Morgan fingerprint density at radius 2 is 1.89 bits per heavy atom. The van der Waals surface area contributed by atoms with Gasteiger partial charge in [-0.25, -0.2) is 9.07 Å². The summed E-state index contributed by atoms with van der Waals surface area (Å²) < 4.78 is 20.8. The van der Waals surface area contributed by atoms with Gasteiger partial charge < -0.3 is 9.73 Å². The molecule has 2 aromatic heterocycles. The SMILES string of the molecule is Cc1nn(-c2ccc(F)cc2)c(C)c1CNC[C@H](c1ccco1)N1CCCC1. The van der Waals surface area contributed by atoms with Crippen LogP contribution in [0.15, 0.2) is 47.1 Å². The summed E-state index contributed by atoms with van der Waals surface area (Å²) >= 11 is 0. The van der Waals surface area contributed by atoms with E-state index in [-0.39, 0.29) is 11.9 Å². The summed E-state index contributed by atoms with van der Waals surface area (Å²) in [4.78, 5) is 2.49. The number of hydrogen-bond donors (Lipinski definition) is 1. The molecule has 0 bridgehead atoms. The predicted molar refractivity (Wildman–Crippen MR) is 107 cm³/mol. The van der Waals surface area contributed by atoms with Gasteiger partial charge in [0.25, 0.3) is 0 Å². The van der Waals surface area contributed by atoms with Gasteiger partial charge in [-0.2, -0.15) is 5.10 Å². The van der Waals surface area contributed by atoms with Gasteiger partial charge in [-0.15, -0.1) is 0 Å². The largest absolute Gasteiger partial charge is 0.468 e. The summed E-state index contributed by atoms with van der Waals surface area (Å²) in [6, 6.07) is 10.7. The van der Waals surface area contributed by atoms with Crippen LogP contribution in [0.25, 0.3) is 5.69 Å². The van der Waals surface area contributed by atoms with Crippen LogP contribution in [0.1, 0.15) is 41.6 Å². The quantitative estimate of drug-likeness (QED) is 0.667. The molecule has 1 aromatic carbocycles. The third kappa shape index (κ3) is 3.88. The lowest BCUT2D eigenvalue weighted by Gasteiger charge is -2.26. The van der Waals surface area contributed by atoms with Gasteiger partial charge in [-0.3, -0.25) is 4.90 Å². The zero-order valence-electron chi connectivity index (χ0n) is 16.5. The van der Waals surface area contributed by atoms with Crippen LogP contribution in [0.4, 0.5) is 4.39 Å². The Balaban J connectivity index is 1.46. The van der Waals surface area contributed by atoms with Crippen LogP contribution >= 0.6 is 0 Å². The van der Waals surface area contributed by atoms with Crippen LogP contribution < -0.4 is 5.32 Å². The van der Waals surface area contributed by atoms with Crippen LogP contribution in [-0.4, -0.2) is 34.3 Å². The van der Waals surface area contributed by atoms with Crippen molar-refractivity contribution in [3.63, 3.8) is 0 Å². The normalized spacial score (nSPS) is 16.0. The zero-order chi connectivity index (χ0) is 19.5. The molecule has 148 valence electrons. The van der Waals surface area contributed by atoms with Gasteiger partial charge in [0.05, 0.1) is 23.7 Å². The van der Waals surface area contributed by atoms with E-state index >= 15 is 0 Å². The first-order valence-corrected chi connectivity index (χ1v) is 9.92. The van der Waals surface area contributed by atoms with Crippen LogP contribution in [0.2, 0.25) is 0 Å². The molecule has 3 aromatic rings. The molecule has 0 aliphatic carbocycles. The Labute approximate surface area is 165 Å². The lowest BCUT2D eigenvalue weighted by molar-refractivity contribution is 0.209. The van der Waals surface area contributed by atoms with Crippen LogP contribution in [0.3, 0.4) is 0 Å². The molecular formula is C22H27FN4O. The minimum atomic E-state index is -0.238.